The number of rotatable bonds is 4. The topological polar surface area (TPSA) is 56.0 Å². The fourth-order valence-electron chi connectivity index (χ4n) is 2.27. The van der Waals surface area contributed by atoms with Gasteiger partial charge in [-0.2, -0.15) is 0 Å². The van der Waals surface area contributed by atoms with Gasteiger partial charge in [0.1, 0.15) is 5.78 Å². The van der Waals surface area contributed by atoms with Crippen LogP contribution in [0, 0.1) is 0 Å². The minimum atomic E-state index is 0.0231. The molecule has 0 aliphatic heterocycles. The molecular formula is C13H18N2O. The minimum Gasteiger partial charge on any atom is -0.328 e. The van der Waals surface area contributed by atoms with Gasteiger partial charge in [-0.1, -0.05) is 6.07 Å². The fraction of sp³-hybridized carbons (Fsp3) is 0.538. The Morgan fingerprint density at radius 2 is 2.50 bits per heavy atom. The van der Waals surface area contributed by atoms with E-state index in [9.17, 15) is 4.79 Å². The third-order valence-electron chi connectivity index (χ3n) is 3.19. The van der Waals surface area contributed by atoms with Crippen LogP contribution in [0.2, 0.25) is 0 Å². The number of fused-ring (bicyclic) bond motifs is 1. The third-order valence-corrected chi connectivity index (χ3v) is 3.19. The number of hydrogen-bond acceptors (Lipinski definition) is 3. The van der Waals surface area contributed by atoms with E-state index >= 15 is 0 Å². The molecule has 1 aliphatic rings. The Morgan fingerprint density at radius 1 is 1.69 bits per heavy atom. The van der Waals surface area contributed by atoms with Crippen LogP contribution in [0.25, 0.3) is 0 Å². The molecule has 3 nitrogen and oxygen atoms in total. The summed E-state index contributed by atoms with van der Waals surface area (Å²) in [6.07, 6.45) is 5.04. The predicted molar refractivity (Wildman–Crippen MR) is 63.2 cm³/mol. The van der Waals surface area contributed by atoms with Gasteiger partial charge < -0.3 is 5.73 Å². The Morgan fingerprint density at radius 3 is 3.25 bits per heavy atom. The SMILES string of the molecule is CC(N)CCC(=O)C1CCc2cccnc21. The quantitative estimate of drug-likeness (QED) is 0.838. The first kappa shape index (κ1) is 11.3. The molecule has 0 saturated carbocycles. The van der Waals surface area contributed by atoms with E-state index in [2.05, 4.69) is 11.1 Å². The fourth-order valence-corrected chi connectivity index (χ4v) is 2.27. The zero-order valence-electron chi connectivity index (χ0n) is 9.65. The van der Waals surface area contributed by atoms with Gasteiger partial charge in [0.2, 0.25) is 0 Å². The summed E-state index contributed by atoms with van der Waals surface area (Å²) in [6, 6.07) is 4.11. The van der Waals surface area contributed by atoms with Gasteiger partial charge in [0, 0.05) is 18.7 Å². The second kappa shape index (κ2) is 4.74. The molecule has 86 valence electrons. The highest BCUT2D eigenvalue weighted by molar-refractivity contribution is 5.86. The number of Topliss-reactive ketones (excluding diaryl/α,β-unsaturated/α-hetero) is 1. The van der Waals surface area contributed by atoms with Crippen LogP contribution >= 0.6 is 0 Å². The summed E-state index contributed by atoms with van der Waals surface area (Å²) in [5.74, 6) is 0.324. The average molecular weight is 218 g/mol. The van der Waals surface area contributed by atoms with Crippen molar-refractivity contribution in [3.05, 3.63) is 29.6 Å². The molecule has 0 fully saturated rings. The number of nitrogens with zero attached hydrogens (tertiary/aromatic N) is 1. The molecule has 2 atom stereocenters. The van der Waals surface area contributed by atoms with Crippen LogP contribution in [0.3, 0.4) is 0 Å². The van der Waals surface area contributed by atoms with Gasteiger partial charge in [0.25, 0.3) is 0 Å². The highest BCUT2D eigenvalue weighted by Gasteiger charge is 2.28. The van der Waals surface area contributed by atoms with Crippen molar-refractivity contribution in [2.75, 3.05) is 0 Å². The molecule has 1 heterocycles. The molecule has 0 saturated heterocycles. The Labute approximate surface area is 96.1 Å². The first-order chi connectivity index (χ1) is 7.68. The Bertz CT molecular complexity index is 387. The summed E-state index contributed by atoms with van der Waals surface area (Å²) in [5.41, 5.74) is 7.90. The molecule has 1 aromatic rings. The van der Waals surface area contributed by atoms with Crippen LogP contribution in [0.4, 0.5) is 0 Å². The van der Waals surface area contributed by atoms with Crippen molar-refractivity contribution >= 4 is 5.78 Å². The summed E-state index contributed by atoms with van der Waals surface area (Å²) in [7, 11) is 0. The van der Waals surface area contributed by atoms with Crippen molar-refractivity contribution in [1.29, 1.82) is 0 Å². The smallest absolute Gasteiger partial charge is 0.141 e. The Kier molecular flexibility index (Phi) is 3.34. The number of nitrogens with two attached hydrogens (primary N) is 1. The standard InChI is InChI=1S/C13H18N2O/c1-9(14)4-7-12(16)11-6-5-10-3-2-8-15-13(10)11/h2-3,8-9,11H,4-7,14H2,1H3. The largest absolute Gasteiger partial charge is 0.328 e. The van der Waals surface area contributed by atoms with Crippen LogP contribution in [0.5, 0.6) is 0 Å². The lowest BCUT2D eigenvalue weighted by molar-refractivity contribution is -0.120. The molecule has 1 aliphatic carbocycles. The van der Waals surface area contributed by atoms with Gasteiger partial charge >= 0.3 is 0 Å². The second-order valence-electron chi connectivity index (χ2n) is 4.62. The number of carbonyl (C=O) groups is 1. The first-order valence-corrected chi connectivity index (χ1v) is 5.90. The van der Waals surface area contributed by atoms with Crippen molar-refractivity contribution in [3.63, 3.8) is 0 Å². The predicted octanol–water partition coefficient (Wildman–Crippen LogP) is 1.81. The Balaban J connectivity index is 2.04. The van der Waals surface area contributed by atoms with E-state index in [-0.39, 0.29) is 12.0 Å². The third kappa shape index (κ3) is 2.30. The van der Waals surface area contributed by atoms with Gasteiger partial charge in [-0.15, -0.1) is 0 Å². The van der Waals surface area contributed by atoms with Gasteiger partial charge in [0.15, 0.2) is 0 Å². The minimum absolute atomic E-state index is 0.0231. The molecule has 0 amide bonds. The zero-order valence-corrected chi connectivity index (χ0v) is 9.65. The maximum atomic E-state index is 12.0. The molecule has 16 heavy (non-hydrogen) atoms. The van der Waals surface area contributed by atoms with E-state index in [0.29, 0.717) is 12.2 Å². The molecule has 0 spiro atoms. The van der Waals surface area contributed by atoms with Gasteiger partial charge in [-0.3, -0.25) is 9.78 Å². The molecule has 0 radical (unpaired) electrons. The van der Waals surface area contributed by atoms with Crippen molar-refractivity contribution < 1.29 is 4.79 Å². The highest BCUT2D eigenvalue weighted by Crippen LogP contribution is 2.32. The summed E-state index contributed by atoms with van der Waals surface area (Å²) in [5, 5.41) is 0. The first-order valence-electron chi connectivity index (χ1n) is 5.90. The molecule has 2 rings (SSSR count). The maximum absolute atomic E-state index is 12.0. The van der Waals surface area contributed by atoms with E-state index in [4.69, 9.17) is 5.73 Å². The zero-order chi connectivity index (χ0) is 11.5. The van der Waals surface area contributed by atoms with E-state index in [0.717, 1.165) is 25.0 Å². The molecule has 2 N–H and O–H groups in total. The van der Waals surface area contributed by atoms with Crippen LogP contribution < -0.4 is 5.73 Å². The summed E-state index contributed by atoms with van der Waals surface area (Å²) in [6.45, 7) is 1.94. The average Bonchev–Trinajstić information content (AvgIpc) is 2.69. The monoisotopic (exact) mass is 218 g/mol. The lowest BCUT2D eigenvalue weighted by atomic mass is 9.96. The number of hydrogen-bond donors (Lipinski definition) is 1. The van der Waals surface area contributed by atoms with E-state index < -0.39 is 0 Å². The molecule has 3 heteroatoms. The number of aryl methyl sites for hydroxylation is 1. The van der Waals surface area contributed by atoms with Gasteiger partial charge in [0.05, 0.1) is 11.6 Å². The molecule has 0 aromatic carbocycles. The van der Waals surface area contributed by atoms with Gasteiger partial charge in [-0.25, -0.2) is 0 Å². The summed E-state index contributed by atoms with van der Waals surface area (Å²) >= 11 is 0. The molecular weight excluding hydrogens is 200 g/mol. The van der Waals surface area contributed by atoms with Crippen molar-refractivity contribution in [1.82, 2.24) is 4.98 Å². The van der Waals surface area contributed by atoms with Crippen LogP contribution in [0.1, 0.15) is 43.4 Å². The molecule has 0 bridgehead atoms. The van der Waals surface area contributed by atoms with Gasteiger partial charge in [-0.05, 0) is 37.8 Å². The number of pyridine rings is 1. The second-order valence-corrected chi connectivity index (χ2v) is 4.62. The van der Waals surface area contributed by atoms with E-state index in [1.807, 2.05) is 13.0 Å². The summed E-state index contributed by atoms with van der Waals surface area (Å²) in [4.78, 5) is 16.4. The lowest BCUT2D eigenvalue weighted by Crippen LogP contribution is -2.18. The molecule has 1 aromatic heterocycles. The number of carbonyl (C=O) groups excluding carboxylic acids is 1. The summed E-state index contributed by atoms with van der Waals surface area (Å²) < 4.78 is 0. The van der Waals surface area contributed by atoms with Crippen LogP contribution in [-0.4, -0.2) is 16.8 Å². The molecule has 2 unspecified atom stereocenters. The number of ketones is 1. The number of aromatic nitrogens is 1. The highest BCUT2D eigenvalue weighted by atomic mass is 16.1. The lowest BCUT2D eigenvalue weighted by Gasteiger charge is -2.10. The van der Waals surface area contributed by atoms with Crippen molar-refractivity contribution in [2.45, 2.75) is 44.6 Å². The van der Waals surface area contributed by atoms with Crippen molar-refractivity contribution in [3.8, 4) is 0 Å². The van der Waals surface area contributed by atoms with Crippen LogP contribution in [-0.2, 0) is 11.2 Å². The maximum Gasteiger partial charge on any atom is 0.141 e. The van der Waals surface area contributed by atoms with E-state index in [1.54, 1.807) is 6.20 Å². The van der Waals surface area contributed by atoms with Crippen LogP contribution in [0.15, 0.2) is 18.3 Å². The normalized spacial score (nSPS) is 20.5. The van der Waals surface area contributed by atoms with E-state index in [1.165, 1.54) is 5.56 Å². The van der Waals surface area contributed by atoms with Crippen molar-refractivity contribution in [2.24, 2.45) is 5.73 Å². The Hall–Kier alpha value is -1.22.